The quantitative estimate of drug-likeness (QED) is 0.633. The molecule has 9 heavy (non-hydrogen) atoms. The van der Waals surface area contributed by atoms with Crippen LogP contribution in [-0.4, -0.2) is 29.6 Å². The molecule has 3 radical (unpaired) electrons. The van der Waals surface area contributed by atoms with E-state index in [1.54, 1.807) is 7.11 Å². The van der Waals surface area contributed by atoms with Gasteiger partial charge in [0.25, 0.3) is 0 Å². The van der Waals surface area contributed by atoms with Crippen LogP contribution in [-0.2, 0) is 0 Å². The molecule has 0 unspecified atom stereocenters. The summed E-state index contributed by atoms with van der Waals surface area (Å²) >= 11 is 1.43. The molecule has 0 spiro atoms. The van der Waals surface area contributed by atoms with Crippen molar-refractivity contribution in [2.24, 2.45) is 0 Å². The van der Waals surface area contributed by atoms with E-state index < -0.39 is 0 Å². The zero-order valence-electron chi connectivity index (χ0n) is 5.22. The number of rotatable bonds is 1. The van der Waals surface area contributed by atoms with Gasteiger partial charge in [-0.05, 0) is 0 Å². The zero-order valence-corrected chi connectivity index (χ0v) is 8.07. The standard InChI is InChI=1S/C7H7O.Sn/c1-8-7-5-3-2-4-6-7;/h2-3,5-6H,1H3;. The number of benzene rings is 1. The predicted octanol–water partition coefficient (Wildman–Crippen LogP) is 0.489. The molecule has 0 N–H and O–H groups in total. The summed E-state index contributed by atoms with van der Waals surface area (Å²) in [4.78, 5) is 0. The predicted molar refractivity (Wildman–Crippen MR) is 38.4 cm³/mol. The summed E-state index contributed by atoms with van der Waals surface area (Å²) in [6, 6.07) is 8.08. The van der Waals surface area contributed by atoms with Gasteiger partial charge in [0.1, 0.15) is 0 Å². The summed E-state index contributed by atoms with van der Waals surface area (Å²) < 4.78 is 6.33. The van der Waals surface area contributed by atoms with Gasteiger partial charge in [0.2, 0.25) is 0 Å². The Bertz CT molecular complexity index is 198. The van der Waals surface area contributed by atoms with E-state index in [1.165, 1.54) is 26.1 Å². The van der Waals surface area contributed by atoms with Crippen molar-refractivity contribution >= 4 is 26.1 Å². The van der Waals surface area contributed by atoms with E-state index in [1.807, 2.05) is 18.2 Å². The van der Waals surface area contributed by atoms with E-state index >= 15 is 0 Å². The fourth-order valence-electron chi connectivity index (χ4n) is 0.623. The van der Waals surface area contributed by atoms with Crippen molar-refractivity contribution in [3.05, 3.63) is 24.3 Å². The monoisotopic (exact) mass is 227 g/mol. The van der Waals surface area contributed by atoms with Gasteiger partial charge in [-0.2, -0.15) is 0 Å². The third-order valence-electron chi connectivity index (χ3n) is 1.07. The van der Waals surface area contributed by atoms with E-state index in [0.29, 0.717) is 0 Å². The van der Waals surface area contributed by atoms with Crippen LogP contribution in [0.25, 0.3) is 0 Å². The van der Waals surface area contributed by atoms with Crippen molar-refractivity contribution in [2.75, 3.05) is 7.11 Å². The fourth-order valence-corrected chi connectivity index (χ4v) is 1.30. The second kappa shape index (κ2) is 3.11. The maximum atomic E-state index is 5.01. The average Bonchev–Trinajstić information content (AvgIpc) is 1.88. The first kappa shape index (κ1) is 6.93. The van der Waals surface area contributed by atoms with Crippen molar-refractivity contribution in [1.82, 2.24) is 0 Å². The van der Waals surface area contributed by atoms with Gasteiger partial charge in [-0.1, -0.05) is 0 Å². The second-order valence-electron chi connectivity index (χ2n) is 1.73. The van der Waals surface area contributed by atoms with E-state index in [0.717, 1.165) is 5.75 Å². The van der Waals surface area contributed by atoms with Crippen LogP contribution in [0.15, 0.2) is 24.3 Å². The molecule has 0 saturated carbocycles. The molecule has 0 amide bonds. The summed E-state index contributed by atoms with van der Waals surface area (Å²) in [6.45, 7) is 0. The fraction of sp³-hybridized carbons (Fsp3) is 0.143. The molecule has 0 saturated heterocycles. The minimum atomic E-state index is 0.948. The first-order chi connectivity index (χ1) is 4.33. The van der Waals surface area contributed by atoms with Gasteiger partial charge in [0.05, 0.1) is 0 Å². The molecule has 45 valence electrons. The maximum absolute atomic E-state index is 5.01. The molecule has 0 heterocycles. The van der Waals surface area contributed by atoms with Crippen LogP contribution < -0.4 is 8.32 Å². The Morgan fingerprint density at radius 1 is 1.44 bits per heavy atom. The molecular weight excluding hydrogens is 219 g/mol. The third-order valence-corrected chi connectivity index (χ3v) is 1.96. The summed E-state index contributed by atoms with van der Waals surface area (Å²) in [5.41, 5.74) is 0. The number of hydrogen-bond acceptors (Lipinski definition) is 1. The molecule has 1 aromatic rings. The van der Waals surface area contributed by atoms with E-state index in [-0.39, 0.29) is 0 Å². The summed E-state index contributed by atoms with van der Waals surface area (Å²) in [5, 5.41) is 0. The van der Waals surface area contributed by atoms with Gasteiger partial charge >= 0.3 is 68.0 Å². The third kappa shape index (κ3) is 1.90. The average molecular weight is 226 g/mol. The molecule has 0 aliphatic carbocycles. The Morgan fingerprint density at radius 2 is 2.22 bits per heavy atom. The van der Waals surface area contributed by atoms with Crippen LogP contribution in [0.4, 0.5) is 0 Å². The van der Waals surface area contributed by atoms with Gasteiger partial charge in [0, 0.05) is 0 Å². The minimum absolute atomic E-state index is 0.948. The van der Waals surface area contributed by atoms with E-state index in [2.05, 4.69) is 6.07 Å². The first-order valence-corrected chi connectivity index (χ1v) is 4.11. The van der Waals surface area contributed by atoms with Gasteiger partial charge in [-0.25, -0.2) is 0 Å². The normalized spacial score (nSPS) is 9.11. The van der Waals surface area contributed by atoms with Crippen LogP contribution in [0.1, 0.15) is 0 Å². The molecule has 1 aromatic carbocycles. The van der Waals surface area contributed by atoms with Crippen LogP contribution >= 0.6 is 0 Å². The summed E-state index contributed by atoms with van der Waals surface area (Å²) in [6.07, 6.45) is 0. The molecule has 0 aliphatic rings. The Balaban J connectivity index is 2.94. The van der Waals surface area contributed by atoms with Crippen LogP contribution in [0.2, 0.25) is 0 Å². The molecule has 2 heteroatoms. The van der Waals surface area contributed by atoms with Crippen molar-refractivity contribution < 1.29 is 4.74 Å². The van der Waals surface area contributed by atoms with Crippen LogP contribution in [0.3, 0.4) is 0 Å². The molecule has 0 aromatic heterocycles. The number of ether oxygens (including phenoxy) is 1. The van der Waals surface area contributed by atoms with Crippen LogP contribution in [0, 0.1) is 0 Å². The van der Waals surface area contributed by atoms with E-state index in [4.69, 9.17) is 4.74 Å². The summed E-state index contributed by atoms with van der Waals surface area (Å²) in [5.74, 6) is 0.948. The van der Waals surface area contributed by atoms with Crippen molar-refractivity contribution in [2.45, 2.75) is 0 Å². The Kier molecular flexibility index (Phi) is 2.39. The van der Waals surface area contributed by atoms with Gasteiger partial charge in [-0.15, -0.1) is 0 Å². The molecule has 0 bridgehead atoms. The van der Waals surface area contributed by atoms with Crippen LogP contribution in [0.5, 0.6) is 5.75 Å². The Hall–Kier alpha value is -0.181. The molecule has 1 nitrogen and oxygen atoms in total. The Morgan fingerprint density at radius 3 is 2.67 bits per heavy atom. The Labute approximate surface area is 68.1 Å². The first-order valence-electron chi connectivity index (χ1n) is 2.68. The van der Waals surface area contributed by atoms with Gasteiger partial charge in [0.15, 0.2) is 0 Å². The second-order valence-corrected chi connectivity index (χ2v) is 3.38. The topological polar surface area (TPSA) is 9.23 Å². The van der Waals surface area contributed by atoms with Gasteiger partial charge < -0.3 is 0 Å². The number of methoxy groups -OCH3 is 1. The molecular formula is C7H7OSn. The molecule has 1 rings (SSSR count). The van der Waals surface area contributed by atoms with E-state index in [9.17, 15) is 0 Å². The molecule has 0 atom stereocenters. The number of hydrogen-bond donors (Lipinski definition) is 0. The molecule has 0 fully saturated rings. The molecule has 0 aliphatic heterocycles. The zero-order chi connectivity index (χ0) is 6.69. The van der Waals surface area contributed by atoms with Gasteiger partial charge in [-0.3, -0.25) is 0 Å². The SMILES string of the molecule is COc1ccc[c]([Sn])c1. The van der Waals surface area contributed by atoms with Crippen molar-refractivity contribution in [3.8, 4) is 5.75 Å². The summed E-state index contributed by atoms with van der Waals surface area (Å²) in [7, 11) is 1.69. The van der Waals surface area contributed by atoms with Crippen molar-refractivity contribution in [3.63, 3.8) is 0 Å². The van der Waals surface area contributed by atoms with Crippen molar-refractivity contribution in [1.29, 1.82) is 0 Å².